The highest BCUT2D eigenvalue weighted by molar-refractivity contribution is 6.39. The van der Waals surface area contributed by atoms with Gasteiger partial charge in [0.15, 0.2) is 0 Å². The van der Waals surface area contributed by atoms with Crippen LogP contribution in [0.15, 0.2) is 71.7 Å². The number of benzene rings is 2. The first-order valence-electron chi connectivity index (χ1n) is 18.4. The third-order valence-corrected chi connectivity index (χ3v) is 10.2. The van der Waals surface area contributed by atoms with Crippen LogP contribution >= 0.6 is 23.2 Å². The van der Waals surface area contributed by atoms with Gasteiger partial charge in [0, 0.05) is 71.8 Å². The summed E-state index contributed by atoms with van der Waals surface area (Å²) < 4.78 is 12.9. The molecule has 56 heavy (non-hydrogen) atoms. The summed E-state index contributed by atoms with van der Waals surface area (Å²) in [6, 6.07) is 18.5. The lowest BCUT2D eigenvalue weighted by Crippen LogP contribution is -2.43. The van der Waals surface area contributed by atoms with Crippen LogP contribution in [0.3, 0.4) is 0 Å². The van der Waals surface area contributed by atoms with Crippen molar-refractivity contribution in [2.75, 3.05) is 20.2 Å². The number of nitrogens with one attached hydrogen (secondary N) is 2. The van der Waals surface area contributed by atoms with Gasteiger partial charge in [0.05, 0.1) is 41.1 Å². The van der Waals surface area contributed by atoms with Crippen LogP contribution in [-0.4, -0.2) is 74.3 Å². The van der Waals surface area contributed by atoms with E-state index in [4.69, 9.17) is 42.6 Å². The molecule has 2 aromatic carbocycles. The predicted molar refractivity (Wildman–Crippen MR) is 218 cm³/mol. The molecule has 0 spiro atoms. The van der Waals surface area contributed by atoms with Gasteiger partial charge in [-0.25, -0.2) is 14.8 Å². The van der Waals surface area contributed by atoms with E-state index in [-0.39, 0.29) is 30.6 Å². The Kier molecular flexibility index (Phi) is 12.3. The number of aryl methyl sites for hydroxylation is 1. The molecule has 14 heteroatoms. The van der Waals surface area contributed by atoms with Crippen LogP contribution in [0.2, 0.25) is 10.0 Å². The van der Waals surface area contributed by atoms with Crippen molar-refractivity contribution in [1.29, 1.82) is 0 Å². The number of amides is 2. The molecule has 4 heterocycles. The van der Waals surface area contributed by atoms with Crippen LogP contribution in [0.1, 0.15) is 57.4 Å². The number of aromatic nitrogens is 3. The summed E-state index contributed by atoms with van der Waals surface area (Å²) in [6.07, 6.45) is 1.69. The van der Waals surface area contributed by atoms with Crippen molar-refractivity contribution in [1.82, 2.24) is 29.9 Å². The van der Waals surface area contributed by atoms with E-state index in [1.54, 1.807) is 45.7 Å². The molecule has 3 aromatic heterocycles. The zero-order valence-corrected chi connectivity index (χ0v) is 33.8. The Labute approximate surface area is 335 Å². The van der Waals surface area contributed by atoms with Crippen molar-refractivity contribution >= 4 is 40.8 Å². The summed E-state index contributed by atoms with van der Waals surface area (Å²) in [5.74, 6) is 0.276. The van der Waals surface area contributed by atoms with Gasteiger partial charge in [-0.3, -0.25) is 14.0 Å². The van der Waals surface area contributed by atoms with Gasteiger partial charge >= 0.3 is 6.09 Å². The highest BCUT2D eigenvalue weighted by Gasteiger charge is 2.29. The molecular weight excluding hydrogens is 755 g/mol. The number of pyridine rings is 2. The molecule has 3 N–H and O–H groups in total. The quantitative estimate of drug-likeness (QED) is 0.119. The number of aliphatic hydroxyl groups excluding tert-OH is 1. The number of fused-ring (bicyclic) bond motifs is 1. The van der Waals surface area contributed by atoms with Gasteiger partial charge in [-0.2, -0.15) is 0 Å². The number of hydrogen-bond acceptors (Lipinski definition) is 9. The van der Waals surface area contributed by atoms with E-state index in [0.29, 0.717) is 86.7 Å². The summed E-state index contributed by atoms with van der Waals surface area (Å²) in [5.41, 5.74) is 5.48. The minimum absolute atomic E-state index is 0.0395. The summed E-state index contributed by atoms with van der Waals surface area (Å²) in [7, 11) is 1.52. The van der Waals surface area contributed by atoms with Gasteiger partial charge in [-0.05, 0) is 70.9 Å². The van der Waals surface area contributed by atoms with E-state index < -0.39 is 17.8 Å². The van der Waals surface area contributed by atoms with Crippen molar-refractivity contribution in [3.8, 4) is 39.4 Å². The molecule has 0 saturated carbocycles. The molecule has 1 fully saturated rings. The Hall–Kier alpha value is -5.01. The van der Waals surface area contributed by atoms with Crippen LogP contribution in [0.4, 0.5) is 4.79 Å². The Balaban J connectivity index is 1.29. The second-order valence-corrected chi connectivity index (χ2v) is 15.7. The van der Waals surface area contributed by atoms with Gasteiger partial charge < -0.3 is 30.1 Å². The molecule has 2 atom stereocenters. The van der Waals surface area contributed by atoms with E-state index in [1.165, 1.54) is 11.5 Å². The molecule has 5 aromatic rings. The first-order valence-corrected chi connectivity index (χ1v) is 19.2. The monoisotopic (exact) mass is 800 g/mol. The second kappa shape index (κ2) is 17.0. The third-order valence-electron chi connectivity index (χ3n) is 9.42. The minimum atomic E-state index is -0.708. The van der Waals surface area contributed by atoms with Crippen LogP contribution in [-0.2, 0) is 22.6 Å². The molecule has 1 saturated heterocycles. The third kappa shape index (κ3) is 9.16. The van der Waals surface area contributed by atoms with Crippen LogP contribution in [0.25, 0.3) is 39.2 Å². The van der Waals surface area contributed by atoms with Gasteiger partial charge in [0.25, 0.3) is 5.56 Å². The highest BCUT2D eigenvalue weighted by Crippen LogP contribution is 2.42. The second-order valence-electron chi connectivity index (χ2n) is 15.0. The summed E-state index contributed by atoms with van der Waals surface area (Å²) in [5, 5.41) is 16.5. The smallest absolute Gasteiger partial charge is 0.410 e. The molecule has 6 rings (SSSR count). The number of hydrogen-bond donors (Lipinski definition) is 3. The van der Waals surface area contributed by atoms with Gasteiger partial charge in [0.2, 0.25) is 11.8 Å². The van der Waals surface area contributed by atoms with Crippen molar-refractivity contribution < 1.29 is 24.2 Å². The molecule has 294 valence electrons. The number of methoxy groups -OCH3 is 1. The van der Waals surface area contributed by atoms with Crippen molar-refractivity contribution in [3.63, 3.8) is 0 Å². The molecule has 0 unspecified atom stereocenters. The number of ether oxygens (including phenoxy) is 2. The standard InChI is InChI=1S/C42H46Cl2N6O6/c1-24(51)20-45-21-33-25(2)46-35-19-26(17-18-50(35)40(33)53)29-9-7-10-30(37(29)43)31-11-8-12-32(38(31)44)34-15-13-27(39(48-34)55-6)22-49(41(54)56-42(3,4)5)23-28-14-16-36(52)47-28/h7-13,15,17-19,24,28,45,51H,14,16,20-23H2,1-6H3,(H,47,52)/t24-,28-/m0/s1. The van der Waals surface area contributed by atoms with Gasteiger partial charge in [-0.15, -0.1) is 0 Å². The number of carbonyl (C=O) groups is 2. The van der Waals surface area contributed by atoms with Crippen molar-refractivity contribution in [3.05, 3.63) is 104 Å². The summed E-state index contributed by atoms with van der Waals surface area (Å²) >= 11 is 14.3. The molecular formula is C42H46Cl2N6O6. The maximum absolute atomic E-state index is 13.4. The Bertz CT molecular complexity index is 2340. The van der Waals surface area contributed by atoms with Crippen LogP contribution < -0.4 is 20.9 Å². The lowest BCUT2D eigenvalue weighted by molar-refractivity contribution is -0.119. The number of rotatable bonds is 12. The zero-order valence-electron chi connectivity index (χ0n) is 32.3. The average molecular weight is 802 g/mol. The SMILES string of the molecule is COc1nc(-c2cccc(-c3cccc(-c4ccn5c(=O)c(CNC[C@H](C)O)c(C)nc5c4)c3Cl)c2Cl)ccc1CN(C[C@@H]1CCC(=O)N1)C(=O)OC(C)(C)C. The van der Waals surface area contributed by atoms with E-state index in [0.717, 1.165) is 11.1 Å². The largest absolute Gasteiger partial charge is 0.481 e. The molecule has 0 aliphatic carbocycles. The van der Waals surface area contributed by atoms with Crippen LogP contribution in [0, 0.1) is 6.92 Å². The van der Waals surface area contributed by atoms with Gasteiger partial charge in [0.1, 0.15) is 11.2 Å². The first-order chi connectivity index (χ1) is 26.6. The molecule has 0 bridgehead atoms. The van der Waals surface area contributed by atoms with E-state index in [9.17, 15) is 19.5 Å². The maximum atomic E-state index is 13.4. The number of halogens is 2. The molecule has 0 radical (unpaired) electrons. The van der Waals surface area contributed by atoms with E-state index in [1.807, 2.05) is 60.7 Å². The Morgan fingerprint density at radius 1 is 1.04 bits per heavy atom. The number of carbonyl (C=O) groups excluding carboxylic acids is 2. The lowest BCUT2D eigenvalue weighted by Gasteiger charge is -2.29. The first kappa shape index (κ1) is 40.6. The topological polar surface area (TPSA) is 147 Å². The van der Waals surface area contributed by atoms with Crippen molar-refractivity contribution in [2.24, 2.45) is 0 Å². The average Bonchev–Trinajstić information content (AvgIpc) is 3.56. The Morgan fingerprint density at radius 3 is 2.36 bits per heavy atom. The van der Waals surface area contributed by atoms with E-state index >= 15 is 0 Å². The van der Waals surface area contributed by atoms with E-state index in [2.05, 4.69) is 10.6 Å². The zero-order chi connectivity index (χ0) is 40.3. The maximum Gasteiger partial charge on any atom is 0.410 e. The lowest BCUT2D eigenvalue weighted by atomic mass is 9.97. The normalized spacial score (nSPS) is 14.8. The highest BCUT2D eigenvalue weighted by atomic mass is 35.5. The van der Waals surface area contributed by atoms with Gasteiger partial charge in [-0.1, -0.05) is 59.6 Å². The molecule has 2 amide bonds. The molecule has 1 aliphatic rings. The number of nitrogens with zero attached hydrogens (tertiary/aromatic N) is 4. The minimum Gasteiger partial charge on any atom is -0.481 e. The van der Waals surface area contributed by atoms with Crippen molar-refractivity contribution in [2.45, 2.75) is 78.3 Å². The predicted octanol–water partition coefficient (Wildman–Crippen LogP) is 7.20. The summed E-state index contributed by atoms with van der Waals surface area (Å²) in [4.78, 5) is 49.6. The van der Waals surface area contributed by atoms with Crippen LogP contribution in [0.5, 0.6) is 5.88 Å². The fourth-order valence-corrected chi connectivity index (χ4v) is 7.36. The molecule has 1 aliphatic heterocycles. The fourth-order valence-electron chi connectivity index (χ4n) is 6.70. The number of aliphatic hydroxyl groups is 1. The molecule has 12 nitrogen and oxygen atoms in total. The summed E-state index contributed by atoms with van der Waals surface area (Å²) in [6.45, 7) is 9.97. The fraction of sp³-hybridized carbons (Fsp3) is 0.357. The Morgan fingerprint density at radius 2 is 1.71 bits per heavy atom.